The fourth-order valence-corrected chi connectivity index (χ4v) is 4.48. The van der Waals surface area contributed by atoms with Crippen molar-refractivity contribution < 1.29 is 36.6 Å². The van der Waals surface area contributed by atoms with Crippen molar-refractivity contribution in [3.63, 3.8) is 0 Å². The maximum absolute atomic E-state index is 13.2. The van der Waals surface area contributed by atoms with Crippen molar-refractivity contribution in [2.75, 3.05) is 57.3 Å². The van der Waals surface area contributed by atoms with Crippen molar-refractivity contribution in [1.82, 2.24) is 15.1 Å². The first-order valence-electron chi connectivity index (χ1n) is 13.9. The summed E-state index contributed by atoms with van der Waals surface area (Å²) in [5, 5.41) is 3.18. The number of piperazine rings is 2. The fourth-order valence-electron chi connectivity index (χ4n) is 3.89. The van der Waals surface area contributed by atoms with Crippen LogP contribution < -0.4 is 10.2 Å². The molecule has 13 heteroatoms. The lowest BCUT2D eigenvalue weighted by atomic mass is 10.2. The van der Waals surface area contributed by atoms with Crippen molar-refractivity contribution in [2.24, 2.45) is 0 Å². The number of anilines is 1. The third-order valence-corrected chi connectivity index (χ3v) is 6.36. The minimum atomic E-state index is -0.598. The summed E-state index contributed by atoms with van der Waals surface area (Å²) >= 11 is 1.85. The summed E-state index contributed by atoms with van der Waals surface area (Å²) in [6.45, 7) is 16.3. The molecule has 0 unspecified atom stereocenters. The molecule has 0 saturated carbocycles. The number of ether oxygens (including phenoxy) is 2. The molecule has 2 amide bonds. The number of hydrogen-bond acceptors (Lipinski definition) is 6. The zero-order chi connectivity index (χ0) is 32.4. The Labute approximate surface area is 272 Å². The summed E-state index contributed by atoms with van der Waals surface area (Å²) in [5.41, 5.74) is -0.418. The first-order valence-corrected chi connectivity index (χ1v) is 15.0. The van der Waals surface area contributed by atoms with Crippen LogP contribution in [0.2, 0.25) is 0 Å². The van der Waals surface area contributed by atoms with Crippen LogP contribution in [0.5, 0.6) is 0 Å². The molecule has 44 heavy (non-hydrogen) atoms. The Morgan fingerprint density at radius 2 is 1.02 bits per heavy atom. The van der Waals surface area contributed by atoms with Gasteiger partial charge in [0.25, 0.3) is 0 Å². The number of rotatable bonds is 1. The number of nitrogens with one attached hydrogen (secondary N) is 1. The predicted octanol–water partition coefficient (Wildman–Crippen LogP) is 7.05. The molecule has 2 aliphatic rings. The van der Waals surface area contributed by atoms with E-state index >= 15 is 0 Å². The van der Waals surface area contributed by atoms with Crippen molar-refractivity contribution in [1.29, 1.82) is 0 Å². The summed E-state index contributed by atoms with van der Waals surface area (Å²) in [4.78, 5) is 28.6. The normalized spacial score (nSPS) is 15.1. The van der Waals surface area contributed by atoms with Gasteiger partial charge in [0.05, 0.1) is 0 Å². The van der Waals surface area contributed by atoms with Gasteiger partial charge in [0.2, 0.25) is 0 Å². The van der Waals surface area contributed by atoms with E-state index in [9.17, 15) is 27.2 Å². The molecule has 0 aromatic heterocycles. The average Bonchev–Trinajstić information content (AvgIpc) is 2.87. The minimum Gasteiger partial charge on any atom is -0.444 e. The maximum atomic E-state index is 13.2. The molecule has 1 N–H and O–H groups in total. The second-order valence-electron chi connectivity index (χ2n) is 11.9. The Kier molecular flexibility index (Phi) is 15.7. The van der Waals surface area contributed by atoms with Gasteiger partial charge in [-0.2, -0.15) is 0 Å². The van der Waals surface area contributed by atoms with Gasteiger partial charge in [0.15, 0.2) is 0 Å². The van der Waals surface area contributed by atoms with E-state index in [-0.39, 0.29) is 25.2 Å². The van der Waals surface area contributed by atoms with Gasteiger partial charge in [-0.05, 0) is 88.4 Å². The van der Waals surface area contributed by atoms with Crippen molar-refractivity contribution in [3.8, 4) is 0 Å². The van der Waals surface area contributed by atoms with E-state index in [2.05, 4.69) is 5.32 Å². The molecule has 4 rings (SSSR count). The molecule has 0 aliphatic carbocycles. The Morgan fingerprint density at radius 3 is 1.39 bits per heavy atom. The second-order valence-corrected chi connectivity index (χ2v) is 13.1. The summed E-state index contributed by atoms with van der Waals surface area (Å²) < 4.78 is 61.9. The molecule has 2 aromatic carbocycles. The first kappa shape index (κ1) is 39.2. The van der Waals surface area contributed by atoms with E-state index in [1.165, 1.54) is 24.3 Å². The highest BCUT2D eigenvalue weighted by Crippen LogP contribution is 2.20. The molecule has 2 aliphatic heterocycles. The van der Waals surface area contributed by atoms with Crippen LogP contribution >= 0.6 is 22.6 Å². The van der Waals surface area contributed by atoms with Gasteiger partial charge < -0.3 is 29.5 Å². The zero-order valence-corrected chi connectivity index (χ0v) is 27.6. The third-order valence-electron chi connectivity index (χ3n) is 5.74. The number of amides is 2. The highest BCUT2D eigenvalue weighted by molar-refractivity contribution is 14.1. The summed E-state index contributed by atoms with van der Waals surface area (Å²) in [6.07, 6.45) is -0.554. The maximum Gasteiger partial charge on any atom is 0.410 e. The van der Waals surface area contributed by atoms with E-state index in [4.69, 9.17) is 9.47 Å². The Hall–Kier alpha value is -2.81. The summed E-state index contributed by atoms with van der Waals surface area (Å²) in [7, 11) is 0. The van der Waals surface area contributed by atoms with Gasteiger partial charge in [-0.1, -0.05) is 7.43 Å². The number of hydrogen-bond donors (Lipinski definition) is 1. The number of carbonyl (C=O) groups is 2. The Bertz CT molecular complexity index is 1140. The number of benzene rings is 2. The summed E-state index contributed by atoms with van der Waals surface area (Å²) in [5.74, 6) is -2.25. The molecule has 0 spiro atoms. The fraction of sp³-hybridized carbons (Fsp3) is 0.548. The van der Waals surface area contributed by atoms with Crippen LogP contribution in [0.1, 0.15) is 49.0 Å². The zero-order valence-electron chi connectivity index (χ0n) is 25.5. The average molecular weight is 741 g/mol. The molecule has 2 fully saturated rings. The molecule has 248 valence electrons. The molecule has 8 nitrogen and oxygen atoms in total. The number of nitrogens with zero attached hydrogens (tertiary/aromatic N) is 3. The second kappa shape index (κ2) is 17.6. The Morgan fingerprint density at radius 1 is 0.659 bits per heavy atom. The number of carbonyl (C=O) groups excluding carboxylic acids is 2. The van der Waals surface area contributed by atoms with Crippen molar-refractivity contribution in [3.05, 3.63) is 63.2 Å². The van der Waals surface area contributed by atoms with E-state index in [1.807, 2.05) is 69.0 Å². The largest absolute Gasteiger partial charge is 0.444 e. The molecule has 0 radical (unpaired) electrons. The van der Waals surface area contributed by atoms with Gasteiger partial charge in [-0.15, -0.1) is 0 Å². The summed E-state index contributed by atoms with van der Waals surface area (Å²) in [6, 6.07) is 6.83. The molecule has 0 bridgehead atoms. The Balaban J connectivity index is 0.000000359. The van der Waals surface area contributed by atoms with Crippen LogP contribution in [0, 0.1) is 26.8 Å². The van der Waals surface area contributed by atoms with E-state index < -0.39 is 28.9 Å². The highest BCUT2D eigenvalue weighted by Gasteiger charge is 2.26. The minimum absolute atomic E-state index is 0. The SMILES string of the molecule is C.CC(C)(C)OC(=O)N1CCN(c2cc(F)cc(F)c2)CC1.CC(C)(C)OC(=O)N1CCNCC1.Fc1cc(F)cc(I)c1. The lowest BCUT2D eigenvalue weighted by Gasteiger charge is -2.36. The monoisotopic (exact) mass is 740 g/mol. The van der Waals surface area contributed by atoms with Gasteiger partial charge >= 0.3 is 12.2 Å². The van der Waals surface area contributed by atoms with Crippen molar-refractivity contribution in [2.45, 2.75) is 60.2 Å². The van der Waals surface area contributed by atoms with Gasteiger partial charge in [0.1, 0.15) is 34.5 Å². The molecule has 2 aromatic rings. The van der Waals surface area contributed by atoms with Crippen LogP contribution in [-0.2, 0) is 9.47 Å². The van der Waals surface area contributed by atoms with Crippen LogP contribution in [0.25, 0.3) is 0 Å². The molecular formula is C31H45F4IN4O4. The van der Waals surface area contributed by atoms with Crippen LogP contribution in [0.4, 0.5) is 32.8 Å². The first-order chi connectivity index (χ1) is 19.9. The van der Waals surface area contributed by atoms with E-state index in [0.29, 0.717) is 35.4 Å². The van der Waals surface area contributed by atoms with Crippen molar-refractivity contribution >= 4 is 40.5 Å². The van der Waals surface area contributed by atoms with Gasteiger partial charge in [-0.25, -0.2) is 27.2 Å². The van der Waals surface area contributed by atoms with Gasteiger partial charge in [0, 0.05) is 73.7 Å². The lowest BCUT2D eigenvalue weighted by molar-refractivity contribution is 0.0223. The molecule has 2 saturated heterocycles. The van der Waals surface area contributed by atoms with E-state index in [1.54, 1.807) is 9.80 Å². The smallest absolute Gasteiger partial charge is 0.410 e. The molecule has 0 atom stereocenters. The lowest BCUT2D eigenvalue weighted by Crippen LogP contribution is -2.50. The number of halogens is 5. The van der Waals surface area contributed by atoms with Gasteiger partial charge in [-0.3, -0.25) is 0 Å². The molecular weight excluding hydrogens is 695 g/mol. The third kappa shape index (κ3) is 15.3. The quantitative estimate of drug-likeness (QED) is 0.250. The highest BCUT2D eigenvalue weighted by atomic mass is 127. The van der Waals surface area contributed by atoms with Crippen LogP contribution in [0.3, 0.4) is 0 Å². The predicted molar refractivity (Wildman–Crippen MR) is 173 cm³/mol. The van der Waals surface area contributed by atoms with E-state index in [0.717, 1.165) is 38.3 Å². The molecule has 2 heterocycles. The topological polar surface area (TPSA) is 74.4 Å². The van der Waals surface area contributed by atoms with Crippen LogP contribution in [0.15, 0.2) is 36.4 Å². The van der Waals surface area contributed by atoms with Crippen LogP contribution in [-0.4, -0.2) is 85.5 Å². The standard InChI is InChI=1S/C15H20F2N2O2.C9H18N2O2.C6H3F2I.CH4/c1-15(2,3)21-14(20)19-6-4-18(5-7-19)13-9-11(16)8-12(17)10-13;1-9(2,3)13-8(12)11-6-4-10-5-7-11;7-4-1-5(8)3-6(9)2-4;/h8-10H,4-7H2,1-3H3;10H,4-7H2,1-3H3;1-3H;1H4.